The number of nitrogens with one attached hydrogen (secondary N) is 1. The molecule has 6 nitrogen and oxygen atoms in total. The molecule has 3 aliphatic carbocycles. The highest BCUT2D eigenvalue weighted by atomic mass is 16.5. The molecule has 1 saturated heterocycles. The van der Waals surface area contributed by atoms with Gasteiger partial charge < -0.3 is 20.3 Å². The summed E-state index contributed by atoms with van der Waals surface area (Å²) in [6.07, 6.45) is 26.7. The molecule has 2 heterocycles. The van der Waals surface area contributed by atoms with E-state index in [1.807, 2.05) is 6.07 Å². The standard InChI is InChI=1S/C38H58N2O4/c1-2-3-4-5-6-7-8-9-10-11-12-13-14-15-16-17-33(42)39-30-22-23-38(43)32-26-29-20-21-31(41)35-34(29)37(38,36(30)44-35)24-25-40(32)27-28-18-19-28/h9-10,20-21,28,30,32,36,41,43H,2-8,11-19,22-27H2,1H3,(H,39,42)/b10-9+/t30-,32+,36-,37-,38+/m0/s1. The van der Waals surface area contributed by atoms with Crippen molar-refractivity contribution < 1.29 is 19.7 Å². The molecular weight excluding hydrogens is 548 g/mol. The molecular formula is C38H58N2O4. The summed E-state index contributed by atoms with van der Waals surface area (Å²) in [4.78, 5) is 15.7. The Morgan fingerprint density at radius 3 is 2.41 bits per heavy atom. The van der Waals surface area contributed by atoms with E-state index in [-0.39, 0.29) is 29.8 Å². The quantitative estimate of drug-likeness (QED) is 0.119. The van der Waals surface area contributed by atoms with E-state index in [0.717, 1.165) is 50.3 Å². The fourth-order valence-electron chi connectivity index (χ4n) is 9.26. The van der Waals surface area contributed by atoms with Crippen molar-refractivity contribution in [3.05, 3.63) is 35.4 Å². The molecule has 0 radical (unpaired) electrons. The van der Waals surface area contributed by atoms with Crippen LogP contribution < -0.4 is 10.1 Å². The van der Waals surface area contributed by atoms with E-state index in [4.69, 9.17) is 4.74 Å². The average Bonchev–Trinajstić information content (AvgIpc) is 3.76. The predicted octanol–water partition coefficient (Wildman–Crippen LogP) is 7.48. The SMILES string of the molecule is CCCCCCCC/C=C/CCCCCCCC(=O)N[C@H]1CC[C@@]2(O)[C@H]3Cc4ccc(O)c5c4[C@@]2(CCN3CC2CC2)[C@H]1O5. The summed E-state index contributed by atoms with van der Waals surface area (Å²) in [7, 11) is 0. The van der Waals surface area contributed by atoms with Crippen molar-refractivity contribution in [3.63, 3.8) is 0 Å². The molecule has 1 aromatic rings. The molecule has 244 valence electrons. The summed E-state index contributed by atoms with van der Waals surface area (Å²) in [6.45, 7) is 4.28. The minimum absolute atomic E-state index is 0.0680. The van der Waals surface area contributed by atoms with E-state index in [1.165, 1.54) is 89.0 Å². The lowest BCUT2D eigenvalue weighted by atomic mass is 9.48. The summed E-state index contributed by atoms with van der Waals surface area (Å²) in [5.74, 6) is 1.58. The minimum atomic E-state index is -0.901. The Morgan fingerprint density at radius 2 is 1.68 bits per heavy atom. The van der Waals surface area contributed by atoms with Crippen LogP contribution in [-0.4, -0.2) is 57.9 Å². The molecule has 5 aliphatic rings. The van der Waals surface area contributed by atoms with Crippen molar-refractivity contribution in [1.82, 2.24) is 10.2 Å². The van der Waals surface area contributed by atoms with Crippen LogP contribution in [-0.2, 0) is 16.6 Å². The minimum Gasteiger partial charge on any atom is -0.504 e. The number of likely N-dealkylation sites (tertiary alicyclic amines) is 1. The second kappa shape index (κ2) is 14.2. The van der Waals surface area contributed by atoms with Gasteiger partial charge in [0, 0.05) is 24.6 Å². The van der Waals surface area contributed by atoms with Gasteiger partial charge in [-0.15, -0.1) is 0 Å². The van der Waals surface area contributed by atoms with Crippen LogP contribution in [0.2, 0.25) is 0 Å². The predicted molar refractivity (Wildman–Crippen MR) is 176 cm³/mol. The molecule has 3 fully saturated rings. The highest BCUT2D eigenvalue weighted by Crippen LogP contribution is 2.65. The number of nitrogens with zero attached hydrogens (tertiary/aromatic N) is 1. The molecule has 2 bridgehead atoms. The molecule has 1 spiro atoms. The van der Waals surface area contributed by atoms with E-state index in [9.17, 15) is 15.0 Å². The van der Waals surface area contributed by atoms with Crippen LogP contribution in [0.4, 0.5) is 0 Å². The van der Waals surface area contributed by atoms with Crippen molar-refractivity contribution in [2.45, 2.75) is 165 Å². The number of unbranched alkanes of at least 4 members (excludes halogenated alkanes) is 11. The number of piperidine rings is 1. The third kappa shape index (κ3) is 6.32. The molecule has 5 atom stereocenters. The normalized spacial score (nSPS) is 30.4. The highest BCUT2D eigenvalue weighted by Gasteiger charge is 2.73. The monoisotopic (exact) mass is 606 g/mol. The number of ether oxygens (including phenoxy) is 1. The van der Waals surface area contributed by atoms with Gasteiger partial charge in [0.1, 0.15) is 6.10 Å². The number of benzene rings is 1. The largest absolute Gasteiger partial charge is 0.504 e. The van der Waals surface area contributed by atoms with Gasteiger partial charge in [0.25, 0.3) is 0 Å². The van der Waals surface area contributed by atoms with Crippen LogP contribution >= 0.6 is 0 Å². The van der Waals surface area contributed by atoms with Crippen molar-refractivity contribution in [2.24, 2.45) is 5.92 Å². The van der Waals surface area contributed by atoms with Gasteiger partial charge in [-0.05, 0) is 94.7 Å². The first-order chi connectivity index (χ1) is 21.5. The number of phenols is 1. The number of carbonyl (C=O) groups is 1. The summed E-state index contributed by atoms with van der Waals surface area (Å²) >= 11 is 0. The Labute approximate surface area is 266 Å². The molecule has 6 heteroatoms. The molecule has 0 aromatic heterocycles. The van der Waals surface area contributed by atoms with Gasteiger partial charge in [-0.25, -0.2) is 0 Å². The summed E-state index contributed by atoms with van der Waals surface area (Å²) < 4.78 is 6.60. The third-order valence-corrected chi connectivity index (χ3v) is 11.8. The van der Waals surface area contributed by atoms with Gasteiger partial charge in [-0.1, -0.05) is 76.5 Å². The summed E-state index contributed by atoms with van der Waals surface area (Å²) in [5.41, 5.74) is 0.763. The summed E-state index contributed by atoms with van der Waals surface area (Å²) in [5, 5.41) is 26.8. The Kier molecular flexibility index (Phi) is 10.3. The molecule has 44 heavy (non-hydrogen) atoms. The van der Waals surface area contributed by atoms with Crippen molar-refractivity contribution in [3.8, 4) is 11.5 Å². The van der Waals surface area contributed by atoms with Crippen molar-refractivity contribution in [1.29, 1.82) is 0 Å². The molecule has 2 aliphatic heterocycles. The number of phenolic OH excluding ortho intramolecular Hbond substituents is 1. The molecule has 1 aromatic carbocycles. The Hall–Kier alpha value is -2.05. The first-order valence-electron chi connectivity index (χ1n) is 18.4. The molecule has 1 amide bonds. The topological polar surface area (TPSA) is 82.0 Å². The van der Waals surface area contributed by atoms with Crippen LogP contribution in [0, 0.1) is 5.92 Å². The maximum Gasteiger partial charge on any atom is 0.220 e. The number of carbonyl (C=O) groups excluding carboxylic acids is 1. The lowest BCUT2D eigenvalue weighted by Crippen LogP contribution is -2.78. The van der Waals surface area contributed by atoms with E-state index < -0.39 is 11.0 Å². The fraction of sp³-hybridized carbons (Fsp3) is 0.763. The van der Waals surface area contributed by atoms with E-state index >= 15 is 0 Å². The zero-order valence-corrected chi connectivity index (χ0v) is 27.3. The van der Waals surface area contributed by atoms with Crippen LogP contribution in [0.25, 0.3) is 0 Å². The molecule has 0 unspecified atom stereocenters. The van der Waals surface area contributed by atoms with E-state index in [0.29, 0.717) is 25.0 Å². The highest BCUT2D eigenvalue weighted by molar-refractivity contribution is 5.76. The second-order valence-corrected chi connectivity index (χ2v) is 14.8. The zero-order chi connectivity index (χ0) is 30.6. The maximum atomic E-state index is 13.2. The van der Waals surface area contributed by atoms with Gasteiger partial charge in [-0.3, -0.25) is 9.69 Å². The number of hydrogen-bond acceptors (Lipinski definition) is 5. The zero-order valence-electron chi connectivity index (χ0n) is 27.3. The number of aliphatic hydroxyl groups is 1. The average molecular weight is 607 g/mol. The third-order valence-electron chi connectivity index (χ3n) is 11.8. The van der Waals surface area contributed by atoms with Crippen LogP contribution in [0.3, 0.4) is 0 Å². The molecule has 6 rings (SSSR count). The van der Waals surface area contributed by atoms with E-state index in [2.05, 4.69) is 29.3 Å². The van der Waals surface area contributed by atoms with Gasteiger partial charge in [0.15, 0.2) is 11.5 Å². The fourth-order valence-corrected chi connectivity index (χ4v) is 9.26. The van der Waals surface area contributed by atoms with E-state index in [1.54, 1.807) is 6.07 Å². The van der Waals surface area contributed by atoms with Crippen LogP contribution in [0.15, 0.2) is 24.3 Å². The first-order valence-corrected chi connectivity index (χ1v) is 18.4. The van der Waals surface area contributed by atoms with Crippen LogP contribution in [0.5, 0.6) is 11.5 Å². The maximum absolute atomic E-state index is 13.2. The van der Waals surface area contributed by atoms with Gasteiger partial charge >= 0.3 is 0 Å². The van der Waals surface area contributed by atoms with Gasteiger partial charge in [-0.2, -0.15) is 0 Å². The lowest BCUT2D eigenvalue weighted by molar-refractivity contribution is -0.192. The number of rotatable bonds is 18. The summed E-state index contributed by atoms with van der Waals surface area (Å²) in [6, 6.07) is 3.72. The second-order valence-electron chi connectivity index (χ2n) is 14.8. The van der Waals surface area contributed by atoms with Crippen molar-refractivity contribution >= 4 is 5.91 Å². The van der Waals surface area contributed by atoms with Gasteiger partial charge in [0.2, 0.25) is 5.91 Å². The number of hydrogen-bond donors (Lipinski definition) is 3. The smallest absolute Gasteiger partial charge is 0.220 e. The van der Waals surface area contributed by atoms with Gasteiger partial charge in [0.05, 0.1) is 17.1 Å². The van der Waals surface area contributed by atoms with Crippen LogP contribution in [0.1, 0.15) is 140 Å². The molecule has 3 N–H and O–H groups in total. The number of aromatic hydroxyl groups is 1. The Balaban J connectivity index is 0.958. The number of allylic oxidation sites excluding steroid dienone is 2. The van der Waals surface area contributed by atoms with Crippen molar-refractivity contribution in [2.75, 3.05) is 13.1 Å². The Morgan fingerprint density at radius 1 is 0.977 bits per heavy atom. The molecule has 2 saturated carbocycles. The first kappa shape index (κ1) is 31.9. The Bertz CT molecular complexity index is 1160. The lowest BCUT2D eigenvalue weighted by Gasteiger charge is -2.64. The number of amides is 1.